The number of ether oxygens (including phenoxy) is 2. The smallest absolute Gasteiger partial charge is 0.195 e. The number of halogens is 1. The van der Waals surface area contributed by atoms with E-state index < -0.39 is 0 Å². The molecule has 3 nitrogen and oxygen atoms in total. The van der Waals surface area contributed by atoms with Crippen LogP contribution in [0.4, 0.5) is 0 Å². The Balaban J connectivity index is 2.28. The minimum Gasteiger partial charge on any atom is -0.493 e. The van der Waals surface area contributed by atoms with E-state index in [1.165, 1.54) is 0 Å². The van der Waals surface area contributed by atoms with Crippen LogP contribution in [0.3, 0.4) is 0 Å². The number of hydrogen-bond donors (Lipinski definition) is 0. The average Bonchev–Trinajstić information content (AvgIpc) is 2.84. The number of Topliss-reactive ketones (excluding diaryl/α,β-unsaturated/α-hetero) is 1. The van der Waals surface area contributed by atoms with Gasteiger partial charge < -0.3 is 9.47 Å². The van der Waals surface area contributed by atoms with E-state index in [1.54, 1.807) is 6.07 Å². The van der Waals surface area contributed by atoms with E-state index in [2.05, 4.69) is 15.9 Å². The molecule has 1 aliphatic heterocycles. The molecule has 92 valence electrons. The third kappa shape index (κ3) is 2.87. The Morgan fingerprint density at radius 2 is 2.41 bits per heavy atom. The zero-order chi connectivity index (χ0) is 12.3. The molecular formula is C13H15BrO3. The van der Waals surface area contributed by atoms with Crippen LogP contribution in [0.2, 0.25) is 0 Å². The third-order valence-corrected chi connectivity index (χ3v) is 3.22. The quantitative estimate of drug-likeness (QED) is 0.801. The number of carbonyl (C=O) groups is 1. The zero-order valence-corrected chi connectivity index (χ0v) is 11.3. The van der Waals surface area contributed by atoms with E-state index in [1.807, 2.05) is 19.1 Å². The monoisotopic (exact) mass is 298 g/mol. The Hall–Kier alpha value is -0.870. The van der Waals surface area contributed by atoms with Crippen LogP contribution in [0.15, 0.2) is 22.7 Å². The summed E-state index contributed by atoms with van der Waals surface area (Å²) in [4.78, 5) is 12.3. The highest BCUT2D eigenvalue weighted by atomic mass is 79.9. The molecule has 0 amide bonds. The van der Waals surface area contributed by atoms with Crippen molar-refractivity contribution in [2.24, 2.45) is 0 Å². The van der Waals surface area contributed by atoms with Gasteiger partial charge in [-0.3, -0.25) is 4.79 Å². The van der Waals surface area contributed by atoms with Gasteiger partial charge in [-0.1, -0.05) is 15.9 Å². The summed E-state index contributed by atoms with van der Waals surface area (Å²) in [6.45, 7) is 3.13. The molecule has 1 aromatic carbocycles. The van der Waals surface area contributed by atoms with Gasteiger partial charge in [-0.2, -0.15) is 0 Å². The molecule has 0 bridgehead atoms. The fraction of sp³-hybridized carbons (Fsp3) is 0.462. The predicted molar refractivity (Wildman–Crippen MR) is 68.6 cm³/mol. The number of ketones is 1. The molecule has 0 aliphatic carbocycles. The summed E-state index contributed by atoms with van der Waals surface area (Å²) in [6, 6.07) is 5.49. The summed E-state index contributed by atoms with van der Waals surface area (Å²) in [7, 11) is 0. The van der Waals surface area contributed by atoms with E-state index in [0.717, 1.165) is 17.3 Å². The zero-order valence-electron chi connectivity index (χ0n) is 9.74. The van der Waals surface area contributed by atoms with Gasteiger partial charge in [0.05, 0.1) is 12.2 Å². The van der Waals surface area contributed by atoms with Crippen LogP contribution in [0.25, 0.3) is 0 Å². The molecular weight excluding hydrogens is 284 g/mol. The van der Waals surface area contributed by atoms with E-state index >= 15 is 0 Å². The summed E-state index contributed by atoms with van der Waals surface area (Å²) in [5, 5.41) is 0. The van der Waals surface area contributed by atoms with Crippen molar-refractivity contribution in [1.82, 2.24) is 0 Å². The van der Waals surface area contributed by atoms with Crippen LogP contribution in [-0.4, -0.2) is 25.1 Å². The lowest BCUT2D eigenvalue weighted by molar-refractivity contribution is 0.0639. The third-order valence-electron chi connectivity index (χ3n) is 2.73. The van der Waals surface area contributed by atoms with Crippen LogP contribution in [0.1, 0.15) is 30.1 Å². The van der Waals surface area contributed by atoms with Gasteiger partial charge in [-0.15, -0.1) is 0 Å². The van der Waals surface area contributed by atoms with Crippen LogP contribution in [0, 0.1) is 0 Å². The Morgan fingerprint density at radius 3 is 3.06 bits per heavy atom. The highest BCUT2D eigenvalue weighted by molar-refractivity contribution is 9.10. The number of rotatable bonds is 4. The second-order valence-corrected chi connectivity index (χ2v) is 4.86. The maximum atomic E-state index is 12.3. The molecule has 1 heterocycles. The lowest BCUT2D eigenvalue weighted by Gasteiger charge is -2.13. The van der Waals surface area contributed by atoms with Gasteiger partial charge >= 0.3 is 0 Å². The molecule has 0 radical (unpaired) electrons. The second-order valence-electron chi connectivity index (χ2n) is 3.94. The Bertz CT molecular complexity index is 411. The fourth-order valence-electron chi connectivity index (χ4n) is 1.93. The largest absolute Gasteiger partial charge is 0.493 e. The lowest BCUT2D eigenvalue weighted by atomic mass is 10.0. The lowest BCUT2D eigenvalue weighted by Crippen LogP contribution is -2.20. The van der Waals surface area contributed by atoms with Gasteiger partial charge in [-0.05, 0) is 38.0 Å². The van der Waals surface area contributed by atoms with E-state index in [4.69, 9.17) is 9.47 Å². The summed E-state index contributed by atoms with van der Waals surface area (Å²) in [5.74, 6) is 0.656. The molecule has 1 saturated heterocycles. The molecule has 4 heteroatoms. The predicted octanol–water partition coefficient (Wildman–Crippen LogP) is 3.21. The van der Waals surface area contributed by atoms with E-state index in [9.17, 15) is 4.79 Å². The van der Waals surface area contributed by atoms with Gasteiger partial charge in [0.1, 0.15) is 11.9 Å². The molecule has 0 spiro atoms. The molecule has 0 aromatic heterocycles. The first kappa shape index (κ1) is 12.6. The molecule has 1 atom stereocenters. The maximum absolute atomic E-state index is 12.3. The molecule has 0 saturated carbocycles. The molecule has 1 aliphatic rings. The number of carbonyl (C=O) groups excluding carboxylic acids is 1. The van der Waals surface area contributed by atoms with Crippen LogP contribution >= 0.6 is 15.9 Å². The van der Waals surface area contributed by atoms with Crippen LogP contribution in [0.5, 0.6) is 5.75 Å². The highest BCUT2D eigenvalue weighted by Crippen LogP contribution is 2.27. The standard InChI is InChI=1S/C13H15BrO3/c1-2-16-11-6-5-9(14)8-10(11)13(15)12-4-3-7-17-12/h5-6,8,12H,2-4,7H2,1H3. The van der Waals surface area contributed by atoms with Crippen molar-refractivity contribution in [3.05, 3.63) is 28.2 Å². The highest BCUT2D eigenvalue weighted by Gasteiger charge is 2.27. The number of benzene rings is 1. The molecule has 1 unspecified atom stereocenters. The minimum absolute atomic E-state index is 0.0206. The van der Waals surface area contributed by atoms with Crippen molar-refractivity contribution in [3.63, 3.8) is 0 Å². The maximum Gasteiger partial charge on any atom is 0.195 e. The van der Waals surface area contributed by atoms with Crippen LogP contribution in [-0.2, 0) is 4.74 Å². The second kappa shape index (κ2) is 5.65. The van der Waals surface area contributed by atoms with Gasteiger partial charge in [-0.25, -0.2) is 0 Å². The first-order valence-electron chi connectivity index (χ1n) is 5.80. The Kier molecular flexibility index (Phi) is 4.18. The first-order valence-corrected chi connectivity index (χ1v) is 6.60. The molecule has 1 fully saturated rings. The Labute approximate surface area is 109 Å². The van der Waals surface area contributed by atoms with Crippen molar-refractivity contribution in [3.8, 4) is 5.75 Å². The summed E-state index contributed by atoms with van der Waals surface area (Å²) in [5.41, 5.74) is 0.605. The molecule has 2 rings (SSSR count). The summed E-state index contributed by atoms with van der Waals surface area (Å²) >= 11 is 3.38. The minimum atomic E-state index is -0.302. The molecule has 0 N–H and O–H groups in total. The first-order chi connectivity index (χ1) is 8.22. The average molecular weight is 299 g/mol. The van der Waals surface area contributed by atoms with Crippen molar-refractivity contribution >= 4 is 21.7 Å². The number of hydrogen-bond acceptors (Lipinski definition) is 3. The summed E-state index contributed by atoms with van der Waals surface area (Å²) in [6.07, 6.45) is 1.45. The van der Waals surface area contributed by atoms with Crippen LogP contribution < -0.4 is 4.74 Å². The van der Waals surface area contributed by atoms with Gasteiger partial charge in [0, 0.05) is 11.1 Å². The SMILES string of the molecule is CCOc1ccc(Br)cc1C(=O)C1CCCO1. The fourth-order valence-corrected chi connectivity index (χ4v) is 2.30. The van der Waals surface area contributed by atoms with E-state index in [-0.39, 0.29) is 11.9 Å². The van der Waals surface area contributed by atoms with E-state index in [0.29, 0.717) is 24.5 Å². The normalized spacial score (nSPS) is 19.3. The van der Waals surface area contributed by atoms with Gasteiger partial charge in [0.15, 0.2) is 5.78 Å². The van der Waals surface area contributed by atoms with Crippen molar-refractivity contribution in [2.75, 3.05) is 13.2 Å². The Morgan fingerprint density at radius 1 is 1.59 bits per heavy atom. The topological polar surface area (TPSA) is 35.5 Å². The van der Waals surface area contributed by atoms with Gasteiger partial charge in [0.2, 0.25) is 0 Å². The van der Waals surface area contributed by atoms with Crippen molar-refractivity contribution in [1.29, 1.82) is 0 Å². The van der Waals surface area contributed by atoms with Crippen molar-refractivity contribution < 1.29 is 14.3 Å². The molecule has 17 heavy (non-hydrogen) atoms. The van der Waals surface area contributed by atoms with Crippen molar-refractivity contribution in [2.45, 2.75) is 25.9 Å². The summed E-state index contributed by atoms with van der Waals surface area (Å²) < 4.78 is 11.8. The molecule has 1 aromatic rings. The van der Waals surface area contributed by atoms with Gasteiger partial charge in [0.25, 0.3) is 0 Å².